The molecule has 0 spiro atoms. The molecular formula is C26H38O4. The van der Waals surface area contributed by atoms with Crippen LogP contribution in [0.2, 0.25) is 0 Å². The van der Waals surface area contributed by atoms with Crippen LogP contribution in [0.1, 0.15) is 72.1 Å². The van der Waals surface area contributed by atoms with Crippen LogP contribution in [0.4, 0.5) is 0 Å². The molecular weight excluding hydrogens is 376 g/mol. The number of carbonyl (C=O) groups excluding carboxylic acids is 1. The quantitative estimate of drug-likeness (QED) is 0.464. The van der Waals surface area contributed by atoms with Crippen molar-refractivity contribution >= 4 is 12.3 Å². The Labute approximate surface area is 180 Å². The first kappa shape index (κ1) is 20.7. The first-order chi connectivity index (χ1) is 14.3. The van der Waals surface area contributed by atoms with E-state index in [1.165, 1.54) is 25.7 Å². The highest BCUT2D eigenvalue weighted by atomic mass is 16.5. The maximum absolute atomic E-state index is 13.3. The molecule has 5 rings (SSSR count). The molecule has 0 radical (unpaired) electrons. The number of aldehydes is 1. The molecule has 4 heteroatoms. The number of carboxylic acid groups (broad SMARTS) is 1. The lowest BCUT2D eigenvalue weighted by atomic mass is 9.43. The van der Waals surface area contributed by atoms with Gasteiger partial charge in [-0.3, -0.25) is 4.79 Å². The predicted molar refractivity (Wildman–Crippen MR) is 115 cm³/mol. The molecule has 0 aromatic heterocycles. The second-order valence-corrected chi connectivity index (χ2v) is 11.7. The highest BCUT2D eigenvalue weighted by Crippen LogP contribution is 2.82. The van der Waals surface area contributed by atoms with Crippen LogP contribution in [0.25, 0.3) is 0 Å². The Balaban J connectivity index is 1.60. The van der Waals surface area contributed by atoms with Crippen LogP contribution in [0.15, 0.2) is 11.6 Å². The number of aliphatic carboxylic acids is 1. The molecule has 0 amide bonds. The Bertz CT molecular complexity index is 765. The normalized spacial score (nSPS) is 47.0. The average molecular weight is 415 g/mol. The summed E-state index contributed by atoms with van der Waals surface area (Å²) in [6.07, 6.45) is 12.1. The zero-order valence-electron chi connectivity index (χ0n) is 18.9. The third-order valence-corrected chi connectivity index (χ3v) is 10.3. The number of hydrogen-bond donors (Lipinski definition) is 1. The summed E-state index contributed by atoms with van der Waals surface area (Å²) in [7, 11) is 0. The smallest absolute Gasteiger partial charge is 0.315 e. The minimum Gasteiger partial charge on any atom is -0.481 e. The monoisotopic (exact) mass is 414 g/mol. The summed E-state index contributed by atoms with van der Waals surface area (Å²) in [6.45, 7) is 7.77. The van der Waals surface area contributed by atoms with Gasteiger partial charge in [-0.1, -0.05) is 51.7 Å². The zero-order chi connectivity index (χ0) is 21.3. The van der Waals surface area contributed by atoms with E-state index in [9.17, 15) is 14.7 Å². The largest absolute Gasteiger partial charge is 0.481 e. The van der Waals surface area contributed by atoms with Crippen LogP contribution in [0, 0.1) is 51.8 Å². The zero-order valence-corrected chi connectivity index (χ0v) is 18.9. The second kappa shape index (κ2) is 6.92. The number of ether oxygens (including phenoxy) is 1. The summed E-state index contributed by atoms with van der Waals surface area (Å²) in [6, 6.07) is 0. The Kier molecular flexibility index (Phi) is 4.78. The topological polar surface area (TPSA) is 63.6 Å². The fourth-order valence-corrected chi connectivity index (χ4v) is 9.22. The number of carbonyl (C=O) groups is 2. The molecule has 5 aliphatic rings. The van der Waals surface area contributed by atoms with Crippen molar-refractivity contribution in [2.24, 2.45) is 51.8 Å². The van der Waals surface area contributed by atoms with E-state index in [1.807, 2.05) is 0 Å². The van der Waals surface area contributed by atoms with E-state index in [1.54, 1.807) is 0 Å². The maximum atomic E-state index is 13.3. The van der Waals surface area contributed by atoms with Gasteiger partial charge in [-0.25, -0.2) is 0 Å². The van der Waals surface area contributed by atoms with Gasteiger partial charge in [0.25, 0.3) is 0 Å². The van der Waals surface area contributed by atoms with Crippen molar-refractivity contribution in [3.63, 3.8) is 0 Å². The van der Waals surface area contributed by atoms with Crippen molar-refractivity contribution in [2.75, 3.05) is 13.2 Å². The second-order valence-electron chi connectivity index (χ2n) is 11.7. The van der Waals surface area contributed by atoms with Crippen molar-refractivity contribution in [1.82, 2.24) is 0 Å². The van der Waals surface area contributed by atoms with Crippen molar-refractivity contribution < 1.29 is 19.4 Å². The number of carboxylic acids is 1. The predicted octanol–water partition coefficient (Wildman–Crippen LogP) is 5.12. The summed E-state index contributed by atoms with van der Waals surface area (Å²) < 4.78 is 6.42. The van der Waals surface area contributed by atoms with E-state index in [4.69, 9.17) is 4.74 Å². The number of rotatable bonds is 7. The highest BCUT2D eigenvalue weighted by Gasteiger charge is 2.84. The summed E-state index contributed by atoms with van der Waals surface area (Å²) >= 11 is 0. The molecule has 0 heterocycles. The van der Waals surface area contributed by atoms with Crippen LogP contribution in [-0.4, -0.2) is 30.6 Å². The van der Waals surface area contributed by atoms with Crippen LogP contribution in [-0.2, 0) is 14.3 Å². The average Bonchev–Trinajstić information content (AvgIpc) is 3.44. The summed E-state index contributed by atoms with van der Waals surface area (Å²) in [5.74, 6) is 1.36. The van der Waals surface area contributed by atoms with Gasteiger partial charge in [-0.2, -0.15) is 0 Å². The van der Waals surface area contributed by atoms with Crippen molar-refractivity contribution in [1.29, 1.82) is 0 Å². The van der Waals surface area contributed by atoms with E-state index in [2.05, 4.69) is 26.8 Å². The van der Waals surface area contributed by atoms with Crippen molar-refractivity contribution in [2.45, 2.75) is 72.1 Å². The molecule has 0 unspecified atom stereocenters. The van der Waals surface area contributed by atoms with Gasteiger partial charge in [-0.15, -0.1) is 0 Å². The summed E-state index contributed by atoms with van der Waals surface area (Å²) in [4.78, 5) is 26.3. The minimum absolute atomic E-state index is 0.135. The van der Waals surface area contributed by atoms with Crippen LogP contribution < -0.4 is 0 Å². The van der Waals surface area contributed by atoms with E-state index >= 15 is 0 Å². The van der Waals surface area contributed by atoms with Gasteiger partial charge in [0, 0.05) is 12.0 Å². The molecule has 4 bridgehead atoms. The highest BCUT2D eigenvalue weighted by molar-refractivity contribution is 5.90. The molecule has 0 saturated heterocycles. The lowest BCUT2D eigenvalue weighted by molar-refractivity contribution is -0.187. The molecule has 0 aliphatic heterocycles. The Hall–Kier alpha value is -1.16. The lowest BCUT2D eigenvalue weighted by Gasteiger charge is -2.58. The summed E-state index contributed by atoms with van der Waals surface area (Å²) in [5.41, 5.74) is -1.29. The fraction of sp³-hybridized carbons (Fsp3) is 0.846. The molecule has 4 saturated carbocycles. The van der Waals surface area contributed by atoms with Gasteiger partial charge in [0.15, 0.2) is 0 Å². The van der Waals surface area contributed by atoms with Gasteiger partial charge in [-0.05, 0) is 67.6 Å². The molecule has 5 aliphatic carbocycles. The molecule has 30 heavy (non-hydrogen) atoms. The molecule has 166 valence electrons. The minimum atomic E-state index is -1.08. The molecule has 0 aromatic carbocycles. The van der Waals surface area contributed by atoms with Crippen molar-refractivity contribution in [3.8, 4) is 0 Å². The standard InChI is InChI=1S/C26H38O4/c1-16(2)22-10-19-11-24(14-27)21-9-8-17(3)20(21)12-25(19,26(22,24)23(28)29)15-30-13-18-6-4-5-7-18/h10,14,16-21H,4-9,11-13,15H2,1-3H3,(H,28,29)/t17-,19+,20-,21-,24+,25+,26+/m1/s1. The summed E-state index contributed by atoms with van der Waals surface area (Å²) in [5, 5.41) is 10.9. The van der Waals surface area contributed by atoms with E-state index in [0.29, 0.717) is 30.8 Å². The van der Waals surface area contributed by atoms with Gasteiger partial charge in [0.2, 0.25) is 0 Å². The molecule has 1 N–H and O–H groups in total. The van der Waals surface area contributed by atoms with Crippen molar-refractivity contribution in [3.05, 3.63) is 11.6 Å². The van der Waals surface area contributed by atoms with Crippen LogP contribution in [0.3, 0.4) is 0 Å². The molecule has 4 nitrogen and oxygen atoms in total. The lowest BCUT2D eigenvalue weighted by Crippen LogP contribution is -2.63. The number of hydrogen-bond acceptors (Lipinski definition) is 3. The maximum Gasteiger partial charge on any atom is 0.315 e. The van der Waals surface area contributed by atoms with Gasteiger partial charge in [0.05, 0.1) is 12.0 Å². The molecule has 7 atom stereocenters. The van der Waals surface area contributed by atoms with E-state index < -0.39 is 22.2 Å². The third kappa shape index (κ3) is 2.27. The Morgan fingerprint density at radius 3 is 2.60 bits per heavy atom. The third-order valence-electron chi connectivity index (χ3n) is 10.3. The van der Waals surface area contributed by atoms with Gasteiger partial charge >= 0.3 is 5.97 Å². The van der Waals surface area contributed by atoms with Crippen LogP contribution >= 0.6 is 0 Å². The SMILES string of the molecule is CC(C)C1=C[C@H]2C[C@]3(C=O)[C@@H]4CC[C@@H](C)[C@H]4C[C@@]2(COCC2CCCC2)[C@]13C(=O)O. The van der Waals surface area contributed by atoms with Gasteiger partial charge in [0.1, 0.15) is 11.7 Å². The van der Waals surface area contributed by atoms with Gasteiger partial charge < -0.3 is 14.6 Å². The Morgan fingerprint density at radius 2 is 1.97 bits per heavy atom. The van der Waals surface area contributed by atoms with Crippen LogP contribution in [0.5, 0.6) is 0 Å². The Morgan fingerprint density at radius 1 is 1.23 bits per heavy atom. The van der Waals surface area contributed by atoms with E-state index in [0.717, 1.165) is 37.7 Å². The first-order valence-electron chi connectivity index (χ1n) is 12.3. The first-order valence-corrected chi connectivity index (χ1v) is 12.3. The van der Waals surface area contributed by atoms with E-state index in [-0.39, 0.29) is 17.8 Å². The fourth-order valence-electron chi connectivity index (χ4n) is 9.22. The molecule has 4 fully saturated rings. The number of fused-ring (bicyclic) bond motifs is 2. The number of allylic oxidation sites excluding steroid dienone is 1. The molecule has 0 aromatic rings.